The number of fused-ring (bicyclic) bond motifs is 1. The van der Waals surface area contributed by atoms with Gasteiger partial charge in [-0.2, -0.15) is 5.10 Å². The molecule has 3 aromatic heterocycles. The number of rotatable bonds is 5. The number of hydrogen-bond donors (Lipinski definition) is 0. The maximum Gasteiger partial charge on any atom is 0.272 e. The molecule has 0 unspecified atom stereocenters. The summed E-state index contributed by atoms with van der Waals surface area (Å²) in [6.07, 6.45) is 3.79. The minimum absolute atomic E-state index is 0.299. The van der Waals surface area contributed by atoms with E-state index in [0.717, 1.165) is 10.9 Å². The van der Waals surface area contributed by atoms with Crippen LogP contribution in [0.1, 0.15) is 5.56 Å². The van der Waals surface area contributed by atoms with E-state index in [0.29, 0.717) is 12.1 Å². The first-order valence-corrected chi connectivity index (χ1v) is 6.44. The third kappa shape index (κ3) is 3.16. The lowest BCUT2D eigenvalue weighted by atomic mass is 10.3. The van der Waals surface area contributed by atoms with Gasteiger partial charge in [0.1, 0.15) is 0 Å². The van der Waals surface area contributed by atoms with Crippen LogP contribution in [-0.2, 0) is 6.54 Å². The van der Waals surface area contributed by atoms with Crippen molar-refractivity contribution in [1.29, 1.82) is 0 Å². The van der Waals surface area contributed by atoms with Gasteiger partial charge in [-0.05, 0) is 17.7 Å². The van der Waals surface area contributed by atoms with Crippen LogP contribution < -0.4 is 4.74 Å². The van der Waals surface area contributed by atoms with Gasteiger partial charge in [0.25, 0.3) is 12.3 Å². The summed E-state index contributed by atoms with van der Waals surface area (Å²) in [5, 5.41) is 5.18. The number of pyridine rings is 2. The number of ether oxygens (including phenoxy) is 1. The Morgan fingerprint density at radius 1 is 1.27 bits per heavy atom. The molecule has 0 fully saturated rings. The Kier molecular flexibility index (Phi) is 3.90. The molecule has 0 amide bonds. The van der Waals surface area contributed by atoms with Crippen LogP contribution in [0.25, 0.3) is 10.9 Å². The molecule has 0 radical (unpaired) electrons. The number of halogens is 3. The van der Waals surface area contributed by atoms with Crippen molar-refractivity contribution in [2.24, 2.45) is 0 Å². The highest BCUT2D eigenvalue weighted by molar-refractivity contribution is 5.76. The van der Waals surface area contributed by atoms with E-state index in [9.17, 15) is 13.2 Å². The molecule has 0 aromatic carbocycles. The number of aromatic nitrogens is 4. The van der Waals surface area contributed by atoms with Crippen molar-refractivity contribution in [1.82, 2.24) is 19.7 Å². The Labute approximate surface area is 123 Å². The van der Waals surface area contributed by atoms with Gasteiger partial charge in [0.2, 0.25) is 0 Å². The molecule has 3 aromatic rings. The topological polar surface area (TPSA) is 52.8 Å². The molecule has 8 heteroatoms. The molecule has 114 valence electrons. The molecule has 0 atom stereocenters. The maximum atomic E-state index is 13.7. The highest BCUT2D eigenvalue weighted by atomic mass is 19.3. The van der Waals surface area contributed by atoms with E-state index in [4.69, 9.17) is 0 Å². The third-order valence-corrected chi connectivity index (χ3v) is 2.91. The number of hydrogen-bond acceptors (Lipinski definition) is 4. The Bertz CT molecular complexity index is 758. The van der Waals surface area contributed by atoms with Crippen LogP contribution in [0.15, 0.2) is 36.9 Å². The number of nitrogens with zero attached hydrogens (tertiary/aromatic N) is 4. The van der Waals surface area contributed by atoms with Crippen LogP contribution in [0.5, 0.6) is 5.88 Å². The predicted octanol–water partition coefficient (Wildman–Crippen LogP) is 2.66. The van der Waals surface area contributed by atoms with Crippen molar-refractivity contribution in [3.05, 3.63) is 48.3 Å². The molecule has 0 aliphatic heterocycles. The lowest BCUT2D eigenvalue weighted by Gasteiger charge is -2.07. The first-order valence-electron chi connectivity index (χ1n) is 6.44. The summed E-state index contributed by atoms with van der Waals surface area (Å²) in [4.78, 5) is 7.71. The summed E-state index contributed by atoms with van der Waals surface area (Å²) in [6, 6.07) is 2.96. The molecule has 0 saturated carbocycles. The van der Waals surface area contributed by atoms with Gasteiger partial charge in [0, 0.05) is 30.2 Å². The average Bonchev–Trinajstić information content (AvgIpc) is 2.88. The Morgan fingerprint density at radius 3 is 2.86 bits per heavy atom. The van der Waals surface area contributed by atoms with Crippen LogP contribution in [0.4, 0.5) is 13.2 Å². The van der Waals surface area contributed by atoms with E-state index < -0.39 is 24.7 Å². The molecule has 5 nitrogen and oxygen atoms in total. The molecule has 3 heterocycles. The summed E-state index contributed by atoms with van der Waals surface area (Å²) in [5.74, 6) is -1.21. The van der Waals surface area contributed by atoms with Gasteiger partial charge in [-0.3, -0.25) is 9.67 Å². The second-order valence-corrected chi connectivity index (χ2v) is 4.59. The standard InChI is InChI=1S/C14H11F3N4O/c15-11-3-9(4-19-14(11)22-8-13(16)17)6-21-7-10-5-18-2-1-12(10)20-21/h1-5,7,13H,6,8H2. The van der Waals surface area contributed by atoms with Crippen LogP contribution in [-0.4, -0.2) is 32.8 Å². The van der Waals surface area contributed by atoms with Gasteiger partial charge in [0.15, 0.2) is 12.4 Å². The molecular formula is C14H11F3N4O. The zero-order chi connectivity index (χ0) is 15.5. The second kappa shape index (κ2) is 6.00. The Morgan fingerprint density at radius 2 is 2.14 bits per heavy atom. The van der Waals surface area contributed by atoms with Crippen LogP contribution >= 0.6 is 0 Å². The normalized spacial score (nSPS) is 11.3. The molecule has 22 heavy (non-hydrogen) atoms. The predicted molar refractivity (Wildman–Crippen MR) is 72.3 cm³/mol. The van der Waals surface area contributed by atoms with Gasteiger partial charge >= 0.3 is 0 Å². The number of alkyl halides is 2. The van der Waals surface area contributed by atoms with Crippen molar-refractivity contribution in [3.63, 3.8) is 0 Å². The van der Waals surface area contributed by atoms with Crippen molar-refractivity contribution in [2.45, 2.75) is 13.0 Å². The highest BCUT2D eigenvalue weighted by Crippen LogP contribution is 2.17. The molecule has 0 aliphatic rings. The Balaban J connectivity index is 1.76. The van der Waals surface area contributed by atoms with E-state index in [1.807, 2.05) is 0 Å². The SMILES string of the molecule is Fc1cc(Cn2cc3cnccc3n2)cnc1OCC(F)F. The molecule has 0 bridgehead atoms. The molecule has 0 spiro atoms. The molecule has 0 N–H and O–H groups in total. The van der Waals surface area contributed by atoms with E-state index in [2.05, 4.69) is 19.8 Å². The molecule has 0 saturated heterocycles. The van der Waals surface area contributed by atoms with E-state index in [1.165, 1.54) is 12.3 Å². The quantitative estimate of drug-likeness (QED) is 0.727. The molecule has 0 aliphatic carbocycles. The second-order valence-electron chi connectivity index (χ2n) is 4.59. The zero-order valence-corrected chi connectivity index (χ0v) is 11.3. The minimum atomic E-state index is -2.68. The largest absolute Gasteiger partial charge is 0.470 e. The Hall–Kier alpha value is -2.64. The fraction of sp³-hybridized carbons (Fsp3) is 0.214. The molecule has 3 rings (SSSR count). The maximum absolute atomic E-state index is 13.7. The minimum Gasteiger partial charge on any atom is -0.470 e. The lowest BCUT2D eigenvalue weighted by Crippen LogP contribution is -2.10. The van der Waals surface area contributed by atoms with E-state index in [-0.39, 0.29) is 0 Å². The van der Waals surface area contributed by atoms with Crippen molar-refractivity contribution < 1.29 is 17.9 Å². The summed E-state index contributed by atoms with van der Waals surface area (Å²) in [5.41, 5.74) is 1.32. The highest BCUT2D eigenvalue weighted by Gasteiger charge is 2.11. The lowest BCUT2D eigenvalue weighted by molar-refractivity contribution is 0.0773. The van der Waals surface area contributed by atoms with E-state index >= 15 is 0 Å². The van der Waals surface area contributed by atoms with E-state index in [1.54, 1.807) is 29.3 Å². The van der Waals surface area contributed by atoms with Crippen LogP contribution in [0, 0.1) is 5.82 Å². The van der Waals surface area contributed by atoms with Gasteiger partial charge in [-0.25, -0.2) is 18.2 Å². The smallest absolute Gasteiger partial charge is 0.272 e. The molecular weight excluding hydrogens is 297 g/mol. The van der Waals surface area contributed by atoms with Crippen molar-refractivity contribution in [3.8, 4) is 5.88 Å². The fourth-order valence-electron chi connectivity index (χ4n) is 1.99. The monoisotopic (exact) mass is 308 g/mol. The zero-order valence-electron chi connectivity index (χ0n) is 11.3. The summed E-state index contributed by atoms with van der Waals surface area (Å²) >= 11 is 0. The van der Waals surface area contributed by atoms with Crippen LogP contribution in [0.3, 0.4) is 0 Å². The summed E-state index contributed by atoms with van der Waals surface area (Å²) in [6.45, 7) is -0.589. The first kappa shape index (κ1) is 14.3. The fourth-order valence-corrected chi connectivity index (χ4v) is 1.99. The van der Waals surface area contributed by atoms with Gasteiger partial charge < -0.3 is 4.74 Å². The average molecular weight is 308 g/mol. The first-order chi connectivity index (χ1) is 10.6. The van der Waals surface area contributed by atoms with Gasteiger partial charge in [0.05, 0.1) is 12.1 Å². The van der Waals surface area contributed by atoms with Crippen molar-refractivity contribution in [2.75, 3.05) is 6.61 Å². The van der Waals surface area contributed by atoms with Crippen molar-refractivity contribution >= 4 is 10.9 Å². The third-order valence-electron chi connectivity index (χ3n) is 2.91. The van der Waals surface area contributed by atoms with Crippen LogP contribution in [0.2, 0.25) is 0 Å². The summed E-state index contributed by atoms with van der Waals surface area (Å²) in [7, 11) is 0. The van der Waals surface area contributed by atoms with Gasteiger partial charge in [-0.1, -0.05) is 0 Å². The summed E-state index contributed by atoms with van der Waals surface area (Å²) < 4.78 is 44.0. The van der Waals surface area contributed by atoms with Gasteiger partial charge in [-0.15, -0.1) is 0 Å².